The first-order valence-electron chi connectivity index (χ1n) is 4.99. The predicted molar refractivity (Wildman–Crippen MR) is 53.9 cm³/mol. The van der Waals surface area contributed by atoms with Crippen LogP contribution >= 0.6 is 0 Å². The molecule has 0 aliphatic heterocycles. The lowest BCUT2D eigenvalue weighted by Gasteiger charge is -2.35. The van der Waals surface area contributed by atoms with Crippen LogP contribution in [0.4, 0.5) is 4.39 Å². The highest BCUT2D eigenvalue weighted by Gasteiger charge is 2.38. The molecule has 0 atom stereocenters. The van der Waals surface area contributed by atoms with E-state index in [1.165, 1.54) is 6.20 Å². The van der Waals surface area contributed by atoms with Gasteiger partial charge in [-0.05, 0) is 25.3 Å². The van der Waals surface area contributed by atoms with Crippen molar-refractivity contribution in [3.05, 3.63) is 29.8 Å². The number of nitrogens with one attached hydrogen (secondary N) is 1. The smallest absolute Gasteiger partial charge is 0.254 e. The van der Waals surface area contributed by atoms with Gasteiger partial charge in [0.2, 0.25) is 0 Å². The summed E-state index contributed by atoms with van der Waals surface area (Å²) >= 11 is 0. The van der Waals surface area contributed by atoms with E-state index in [0.717, 1.165) is 18.7 Å². The monoisotopic (exact) mass is 219 g/mol. The first kappa shape index (κ1) is 10.6. The Labute approximate surface area is 92.1 Å². The molecule has 1 aliphatic rings. The third kappa shape index (κ3) is 1.87. The third-order valence-electron chi connectivity index (χ3n) is 2.74. The summed E-state index contributed by atoms with van der Waals surface area (Å²) in [6.45, 7) is 0. The summed E-state index contributed by atoms with van der Waals surface area (Å²) in [5, 5.41) is 11.5. The fourth-order valence-electron chi connectivity index (χ4n) is 1.62. The maximum Gasteiger partial charge on any atom is 0.254 e. The summed E-state index contributed by atoms with van der Waals surface area (Å²) in [6, 6.07) is 3.19. The van der Waals surface area contributed by atoms with Gasteiger partial charge in [-0.1, -0.05) is 0 Å². The Kier molecular flexibility index (Phi) is 2.57. The highest BCUT2D eigenvalue weighted by Crippen LogP contribution is 2.31. The number of halogens is 1. The van der Waals surface area contributed by atoms with E-state index in [-0.39, 0.29) is 5.56 Å². The molecule has 0 radical (unpaired) electrons. The number of hydrogen-bond donors (Lipinski definition) is 1. The van der Waals surface area contributed by atoms with Crippen molar-refractivity contribution in [2.75, 3.05) is 0 Å². The lowest BCUT2D eigenvalue weighted by Crippen LogP contribution is -2.52. The highest BCUT2D eigenvalue weighted by molar-refractivity contribution is 5.94. The predicted octanol–water partition coefficient (Wildman–Crippen LogP) is 1.40. The Morgan fingerprint density at radius 1 is 1.56 bits per heavy atom. The first-order valence-corrected chi connectivity index (χ1v) is 4.99. The van der Waals surface area contributed by atoms with E-state index in [0.29, 0.717) is 12.8 Å². The Bertz CT molecular complexity index is 463. The molecule has 1 heterocycles. The third-order valence-corrected chi connectivity index (χ3v) is 2.74. The Morgan fingerprint density at radius 3 is 2.81 bits per heavy atom. The molecule has 5 heteroatoms. The largest absolute Gasteiger partial charge is 0.334 e. The Hall–Kier alpha value is -1.96. The fraction of sp³-hybridized carbons (Fsp3) is 0.364. The minimum atomic E-state index is -0.761. The number of aromatic nitrogens is 1. The van der Waals surface area contributed by atoms with Gasteiger partial charge in [0.25, 0.3) is 5.91 Å². The summed E-state index contributed by atoms with van der Waals surface area (Å²) in [4.78, 5) is 15.3. The van der Waals surface area contributed by atoms with Gasteiger partial charge in [-0.15, -0.1) is 0 Å². The van der Waals surface area contributed by atoms with Crippen LogP contribution in [0, 0.1) is 17.1 Å². The molecule has 1 amide bonds. The molecule has 82 valence electrons. The summed E-state index contributed by atoms with van der Waals surface area (Å²) in [7, 11) is 0. The standard InChI is InChI=1S/C11H10FN3O/c12-9-4-8(5-14-6-9)10(16)15-11(7-13)2-1-3-11/h4-6H,1-3H2,(H,15,16). The van der Waals surface area contributed by atoms with E-state index < -0.39 is 17.3 Å². The van der Waals surface area contributed by atoms with Gasteiger partial charge >= 0.3 is 0 Å². The van der Waals surface area contributed by atoms with Crippen molar-refractivity contribution in [1.29, 1.82) is 5.26 Å². The van der Waals surface area contributed by atoms with Gasteiger partial charge in [0.05, 0.1) is 17.8 Å². The molecule has 4 nitrogen and oxygen atoms in total. The van der Waals surface area contributed by atoms with Crippen LogP contribution in [0.25, 0.3) is 0 Å². The molecule has 1 aliphatic carbocycles. The van der Waals surface area contributed by atoms with Gasteiger partial charge in [-0.3, -0.25) is 9.78 Å². The maximum atomic E-state index is 12.8. The summed E-state index contributed by atoms with van der Waals surface area (Å²) in [5.41, 5.74) is -0.620. The average Bonchev–Trinajstić information content (AvgIpc) is 2.23. The Balaban J connectivity index is 2.12. The van der Waals surface area contributed by atoms with Crippen LogP contribution < -0.4 is 5.32 Å². The van der Waals surface area contributed by atoms with Crippen LogP contribution in [0.3, 0.4) is 0 Å². The minimum Gasteiger partial charge on any atom is -0.334 e. The molecular formula is C11H10FN3O. The number of nitrogens with zero attached hydrogens (tertiary/aromatic N) is 2. The van der Waals surface area contributed by atoms with E-state index in [4.69, 9.17) is 5.26 Å². The number of pyridine rings is 1. The van der Waals surface area contributed by atoms with Crippen molar-refractivity contribution in [3.63, 3.8) is 0 Å². The highest BCUT2D eigenvalue weighted by atomic mass is 19.1. The molecule has 0 spiro atoms. The summed E-state index contributed by atoms with van der Waals surface area (Å²) in [6.07, 6.45) is 4.54. The first-order chi connectivity index (χ1) is 7.65. The van der Waals surface area contributed by atoms with E-state index >= 15 is 0 Å². The van der Waals surface area contributed by atoms with E-state index in [2.05, 4.69) is 16.4 Å². The van der Waals surface area contributed by atoms with Gasteiger partial charge < -0.3 is 5.32 Å². The lowest BCUT2D eigenvalue weighted by atomic mass is 9.78. The molecule has 16 heavy (non-hydrogen) atoms. The zero-order chi connectivity index (χ0) is 11.6. The second-order valence-corrected chi connectivity index (χ2v) is 3.89. The van der Waals surface area contributed by atoms with Crippen LogP contribution in [0.1, 0.15) is 29.6 Å². The van der Waals surface area contributed by atoms with Gasteiger partial charge in [-0.25, -0.2) is 4.39 Å². The lowest BCUT2D eigenvalue weighted by molar-refractivity contribution is 0.0880. The number of rotatable bonds is 2. The molecule has 1 N–H and O–H groups in total. The van der Waals surface area contributed by atoms with Crippen LogP contribution in [0.5, 0.6) is 0 Å². The zero-order valence-electron chi connectivity index (χ0n) is 8.53. The Morgan fingerprint density at radius 2 is 2.31 bits per heavy atom. The number of carbonyl (C=O) groups is 1. The van der Waals surface area contributed by atoms with Crippen molar-refractivity contribution in [2.24, 2.45) is 0 Å². The van der Waals surface area contributed by atoms with Crippen LogP contribution in [-0.2, 0) is 0 Å². The summed E-state index contributed by atoms with van der Waals surface area (Å²) in [5.74, 6) is -1.01. The van der Waals surface area contributed by atoms with Crippen molar-refractivity contribution in [2.45, 2.75) is 24.8 Å². The molecule has 0 bridgehead atoms. The topological polar surface area (TPSA) is 65.8 Å². The molecule has 1 aromatic heterocycles. The SMILES string of the molecule is N#CC1(NC(=O)c2cncc(F)c2)CCC1. The number of carbonyl (C=O) groups excluding carboxylic acids is 1. The van der Waals surface area contributed by atoms with Crippen LogP contribution in [-0.4, -0.2) is 16.4 Å². The molecule has 2 rings (SSSR count). The second-order valence-electron chi connectivity index (χ2n) is 3.89. The van der Waals surface area contributed by atoms with Crippen molar-refractivity contribution < 1.29 is 9.18 Å². The van der Waals surface area contributed by atoms with Crippen LogP contribution in [0.2, 0.25) is 0 Å². The maximum absolute atomic E-state index is 12.8. The fourth-order valence-corrected chi connectivity index (χ4v) is 1.62. The molecule has 1 fully saturated rings. The molecule has 0 aromatic carbocycles. The number of nitriles is 1. The quantitative estimate of drug-likeness (QED) is 0.817. The van der Waals surface area contributed by atoms with Gasteiger partial charge in [0, 0.05) is 6.20 Å². The summed E-state index contributed by atoms with van der Waals surface area (Å²) < 4.78 is 12.8. The van der Waals surface area contributed by atoms with E-state index in [1.807, 2.05) is 0 Å². The minimum absolute atomic E-state index is 0.140. The average molecular weight is 219 g/mol. The second kappa shape index (κ2) is 3.89. The molecule has 0 saturated heterocycles. The normalized spacial score (nSPS) is 17.0. The van der Waals surface area contributed by atoms with Crippen LogP contribution in [0.15, 0.2) is 18.5 Å². The van der Waals surface area contributed by atoms with Crippen molar-refractivity contribution in [1.82, 2.24) is 10.3 Å². The van der Waals surface area contributed by atoms with Gasteiger partial charge in [0.15, 0.2) is 0 Å². The number of hydrogen-bond acceptors (Lipinski definition) is 3. The molecule has 1 saturated carbocycles. The molecule has 1 aromatic rings. The van der Waals surface area contributed by atoms with Gasteiger partial charge in [0.1, 0.15) is 11.4 Å². The number of amides is 1. The van der Waals surface area contributed by atoms with E-state index in [1.54, 1.807) is 0 Å². The zero-order valence-corrected chi connectivity index (χ0v) is 8.53. The van der Waals surface area contributed by atoms with Crippen molar-refractivity contribution >= 4 is 5.91 Å². The van der Waals surface area contributed by atoms with E-state index in [9.17, 15) is 9.18 Å². The van der Waals surface area contributed by atoms with Crippen molar-refractivity contribution in [3.8, 4) is 6.07 Å². The van der Waals surface area contributed by atoms with Gasteiger partial charge in [-0.2, -0.15) is 5.26 Å². The molecular weight excluding hydrogens is 209 g/mol. The molecule has 0 unspecified atom stereocenters.